The van der Waals surface area contributed by atoms with Crippen LogP contribution >= 0.6 is 12.4 Å². The molecule has 0 spiro atoms. The molecule has 0 heterocycles. The number of benzene rings is 1. The van der Waals surface area contributed by atoms with E-state index in [0.29, 0.717) is 12.0 Å². The molecular weight excluding hydrogens is 330 g/mol. The zero-order valence-electron chi connectivity index (χ0n) is 12.6. The number of rotatable bonds is 8. The number of nitrogens with zero attached hydrogens (tertiary/aromatic N) is 1. The standard InChI is InChI=1S/C13H21N3O4S.ClH/c1-3-4-5-11(9-14)15-21(19,20)12-6-7-13(16(17)18)10(2)8-12;/h6-8,11,15H,3-5,9,14H2,1-2H3;1H. The molecule has 0 amide bonds. The summed E-state index contributed by atoms with van der Waals surface area (Å²) < 4.78 is 27.1. The Morgan fingerprint density at radius 3 is 2.50 bits per heavy atom. The number of hydrogen-bond donors (Lipinski definition) is 2. The molecule has 7 nitrogen and oxygen atoms in total. The summed E-state index contributed by atoms with van der Waals surface area (Å²) in [4.78, 5) is 10.2. The van der Waals surface area contributed by atoms with Gasteiger partial charge >= 0.3 is 0 Å². The normalized spacial score (nSPS) is 12.5. The van der Waals surface area contributed by atoms with Crippen LogP contribution in [0.15, 0.2) is 23.1 Å². The van der Waals surface area contributed by atoms with E-state index >= 15 is 0 Å². The van der Waals surface area contributed by atoms with E-state index in [1.807, 2.05) is 6.92 Å². The first-order valence-electron chi connectivity index (χ1n) is 6.79. The molecule has 1 aromatic rings. The van der Waals surface area contributed by atoms with Crippen LogP contribution < -0.4 is 10.5 Å². The zero-order valence-corrected chi connectivity index (χ0v) is 14.2. The van der Waals surface area contributed by atoms with Gasteiger partial charge in [0.1, 0.15) is 0 Å². The monoisotopic (exact) mass is 351 g/mol. The maximum Gasteiger partial charge on any atom is 0.272 e. The topological polar surface area (TPSA) is 115 Å². The van der Waals surface area contributed by atoms with Crippen molar-refractivity contribution in [2.75, 3.05) is 6.54 Å². The third-order valence-corrected chi connectivity index (χ3v) is 4.71. The molecule has 0 aliphatic heterocycles. The third kappa shape index (κ3) is 5.53. The largest absolute Gasteiger partial charge is 0.329 e. The van der Waals surface area contributed by atoms with Crippen LogP contribution in [0.25, 0.3) is 0 Å². The summed E-state index contributed by atoms with van der Waals surface area (Å²) in [6, 6.07) is 3.41. The lowest BCUT2D eigenvalue weighted by atomic mass is 10.1. The highest BCUT2D eigenvalue weighted by Gasteiger charge is 2.21. The van der Waals surface area contributed by atoms with E-state index in [1.54, 1.807) is 0 Å². The molecule has 0 aliphatic carbocycles. The quantitative estimate of drug-likeness (QED) is 0.549. The van der Waals surface area contributed by atoms with Gasteiger partial charge in [-0.1, -0.05) is 19.8 Å². The van der Waals surface area contributed by atoms with Crippen molar-refractivity contribution >= 4 is 28.1 Å². The van der Waals surface area contributed by atoms with Gasteiger partial charge < -0.3 is 5.73 Å². The Bertz CT molecular complexity index is 607. The average molecular weight is 352 g/mol. The number of sulfonamides is 1. The zero-order chi connectivity index (χ0) is 16.0. The summed E-state index contributed by atoms with van der Waals surface area (Å²) in [6.07, 6.45) is 2.50. The first kappa shape index (κ1) is 20.8. The average Bonchev–Trinajstić information content (AvgIpc) is 2.42. The SMILES string of the molecule is CCCCC(CN)NS(=O)(=O)c1ccc([N+](=O)[O-])c(C)c1.Cl. The Morgan fingerprint density at radius 2 is 2.05 bits per heavy atom. The van der Waals surface area contributed by atoms with Crippen LogP contribution in [0.2, 0.25) is 0 Å². The molecule has 9 heteroatoms. The molecule has 0 fully saturated rings. The van der Waals surface area contributed by atoms with Crippen LogP contribution in [-0.2, 0) is 10.0 Å². The molecule has 0 saturated carbocycles. The number of aryl methyl sites for hydroxylation is 1. The number of hydrogen-bond acceptors (Lipinski definition) is 5. The number of nitrogens with one attached hydrogen (secondary N) is 1. The summed E-state index contributed by atoms with van der Waals surface area (Å²) in [6.45, 7) is 3.74. The Labute approximate surface area is 136 Å². The van der Waals surface area contributed by atoms with E-state index in [1.165, 1.54) is 25.1 Å². The third-order valence-electron chi connectivity index (χ3n) is 3.19. The smallest absolute Gasteiger partial charge is 0.272 e. The van der Waals surface area contributed by atoms with Crippen LogP contribution in [0.5, 0.6) is 0 Å². The Hall–Kier alpha value is -1.22. The molecule has 1 aromatic carbocycles. The number of nitrogens with two attached hydrogens (primary N) is 1. The van der Waals surface area contributed by atoms with E-state index in [9.17, 15) is 18.5 Å². The summed E-state index contributed by atoms with van der Waals surface area (Å²) in [7, 11) is -3.72. The Balaban J connectivity index is 0.00000441. The molecular formula is C13H22ClN3O4S. The van der Waals surface area contributed by atoms with Crippen molar-refractivity contribution in [3.05, 3.63) is 33.9 Å². The van der Waals surface area contributed by atoms with E-state index in [4.69, 9.17) is 5.73 Å². The summed E-state index contributed by atoms with van der Waals surface area (Å²) in [5.41, 5.74) is 5.78. The molecule has 0 aliphatic rings. The van der Waals surface area contributed by atoms with Crippen LogP contribution in [0.4, 0.5) is 5.69 Å². The van der Waals surface area contributed by atoms with Crippen LogP contribution in [0.1, 0.15) is 31.7 Å². The number of nitro groups is 1. The second kappa shape index (κ2) is 9.04. The van der Waals surface area contributed by atoms with E-state index in [2.05, 4.69) is 4.72 Å². The van der Waals surface area contributed by atoms with E-state index < -0.39 is 14.9 Å². The molecule has 3 N–H and O–H groups in total. The molecule has 1 unspecified atom stereocenters. The van der Waals surface area contributed by atoms with Gasteiger partial charge in [-0.15, -0.1) is 12.4 Å². The molecule has 0 saturated heterocycles. The van der Waals surface area contributed by atoms with Crippen LogP contribution in [0, 0.1) is 17.0 Å². The van der Waals surface area contributed by atoms with Crippen molar-refractivity contribution in [2.24, 2.45) is 5.73 Å². The molecule has 0 aromatic heterocycles. The predicted octanol–water partition coefficient (Wildman–Crippen LogP) is 2.12. The second-order valence-corrected chi connectivity index (χ2v) is 6.62. The van der Waals surface area contributed by atoms with Gasteiger partial charge in [0.2, 0.25) is 10.0 Å². The van der Waals surface area contributed by atoms with E-state index in [0.717, 1.165) is 12.8 Å². The highest BCUT2D eigenvalue weighted by Crippen LogP contribution is 2.21. The van der Waals surface area contributed by atoms with Gasteiger partial charge in [0.15, 0.2) is 0 Å². The van der Waals surface area contributed by atoms with Crippen molar-refractivity contribution in [2.45, 2.75) is 44.0 Å². The van der Waals surface area contributed by atoms with Crippen molar-refractivity contribution in [3.8, 4) is 0 Å². The fraction of sp³-hybridized carbons (Fsp3) is 0.538. The van der Waals surface area contributed by atoms with Crippen LogP contribution in [0.3, 0.4) is 0 Å². The summed E-state index contributed by atoms with van der Waals surface area (Å²) >= 11 is 0. The van der Waals surface area contributed by atoms with Crippen molar-refractivity contribution in [1.82, 2.24) is 4.72 Å². The minimum absolute atomic E-state index is 0. The van der Waals surface area contributed by atoms with Gasteiger partial charge in [-0.2, -0.15) is 0 Å². The van der Waals surface area contributed by atoms with Gasteiger partial charge in [-0.05, 0) is 25.5 Å². The van der Waals surface area contributed by atoms with Crippen molar-refractivity contribution < 1.29 is 13.3 Å². The fourth-order valence-electron chi connectivity index (χ4n) is 1.96. The van der Waals surface area contributed by atoms with Gasteiger partial charge in [-0.3, -0.25) is 10.1 Å². The first-order valence-corrected chi connectivity index (χ1v) is 8.27. The van der Waals surface area contributed by atoms with E-state index in [-0.39, 0.29) is 35.6 Å². The molecule has 1 rings (SSSR count). The molecule has 126 valence electrons. The molecule has 0 bridgehead atoms. The first-order chi connectivity index (χ1) is 9.81. The van der Waals surface area contributed by atoms with Gasteiger partial charge in [0.25, 0.3) is 5.69 Å². The van der Waals surface area contributed by atoms with Crippen molar-refractivity contribution in [3.63, 3.8) is 0 Å². The maximum absolute atomic E-state index is 12.3. The lowest BCUT2D eigenvalue weighted by Crippen LogP contribution is -2.40. The summed E-state index contributed by atoms with van der Waals surface area (Å²) in [5, 5.41) is 10.7. The lowest BCUT2D eigenvalue weighted by molar-refractivity contribution is -0.385. The summed E-state index contributed by atoms with van der Waals surface area (Å²) in [5.74, 6) is 0. The fourth-order valence-corrected chi connectivity index (χ4v) is 3.33. The second-order valence-electron chi connectivity index (χ2n) is 4.90. The highest BCUT2D eigenvalue weighted by atomic mass is 35.5. The van der Waals surface area contributed by atoms with Gasteiger partial charge in [0.05, 0.1) is 9.82 Å². The Kier molecular flexibility index (Phi) is 8.54. The highest BCUT2D eigenvalue weighted by molar-refractivity contribution is 7.89. The lowest BCUT2D eigenvalue weighted by Gasteiger charge is -2.16. The molecule has 1 atom stereocenters. The van der Waals surface area contributed by atoms with Gasteiger partial charge in [0, 0.05) is 24.2 Å². The minimum atomic E-state index is -3.72. The van der Waals surface area contributed by atoms with Crippen LogP contribution in [-0.4, -0.2) is 25.9 Å². The molecule has 0 radical (unpaired) electrons. The van der Waals surface area contributed by atoms with Gasteiger partial charge in [-0.25, -0.2) is 13.1 Å². The Morgan fingerprint density at radius 1 is 1.41 bits per heavy atom. The predicted molar refractivity (Wildman–Crippen MR) is 87.8 cm³/mol. The number of unbranched alkanes of at least 4 members (excludes halogenated alkanes) is 1. The maximum atomic E-state index is 12.3. The molecule has 22 heavy (non-hydrogen) atoms. The minimum Gasteiger partial charge on any atom is -0.329 e. The number of nitro benzene ring substituents is 1. The van der Waals surface area contributed by atoms with Crippen molar-refractivity contribution in [1.29, 1.82) is 0 Å². The number of halogens is 1.